The van der Waals surface area contributed by atoms with Crippen molar-refractivity contribution in [2.24, 2.45) is 0 Å². The molecule has 0 spiro atoms. The molecule has 0 saturated carbocycles. The quantitative estimate of drug-likeness (QED) is 0.775. The van der Waals surface area contributed by atoms with Gasteiger partial charge in [0.05, 0.1) is 23.4 Å². The molecule has 0 aliphatic carbocycles. The Morgan fingerprint density at radius 1 is 1.43 bits per heavy atom. The number of piperazine rings is 1. The normalized spacial score (nSPS) is 18.3. The second kappa shape index (κ2) is 5.41. The van der Waals surface area contributed by atoms with Crippen LogP contribution in [0.2, 0.25) is 0 Å². The molecular formula is C16H15N5O2. The van der Waals surface area contributed by atoms with Crippen molar-refractivity contribution in [1.82, 2.24) is 15.3 Å². The monoisotopic (exact) mass is 309 g/mol. The maximum absolute atomic E-state index is 9.24. The van der Waals surface area contributed by atoms with Gasteiger partial charge in [0.25, 0.3) is 6.01 Å². The van der Waals surface area contributed by atoms with Crippen LogP contribution in [0, 0.1) is 11.3 Å². The Labute approximate surface area is 132 Å². The van der Waals surface area contributed by atoms with Crippen LogP contribution >= 0.6 is 0 Å². The second-order valence-corrected chi connectivity index (χ2v) is 5.56. The smallest absolute Gasteiger partial charge is 0.298 e. The van der Waals surface area contributed by atoms with Crippen molar-refractivity contribution in [2.45, 2.75) is 13.0 Å². The minimum Gasteiger partial charge on any atom is -0.444 e. The van der Waals surface area contributed by atoms with Crippen molar-refractivity contribution < 1.29 is 8.83 Å². The molecule has 1 saturated heterocycles. The zero-order chi connectivity index (χ0) is 15.8. The summed E-state index contributed by atoms with van der Waals surface area (Å²) in [5, 5.41) is 12.6. The zero-order valence-corrected chi connectivity index (χ0v) is 12.6. The van der Waals surface area contributed by atoms with Crippen LogP contribution in [-0.2, 0) is 0 Å². The Balaban J connectivity index is 1.87. The van der Waals surface area contributed by atoms with E-state index in [1.807, 2.05) is 0 Å². The standard InChI is InChI=1S/C16H15N5O2/c1-10-9-18-2-4-21(10)16-20-13-7-11(8-17)6-12(14(13)23-16)15-19-3-5-22-15/h3,5-7,10,18H,2,4,9H2,1H3/t10-/m0/s1. The summed E-state index contributed by atoms with van der Waals surface area (Å²) in [5.41, 5.74) is 2.37. The van der Waals surface area contributed by atoms with E-state index in [0.29, 0.717) is 34.1 Å². The fourth-order valence-electron chi connectivity index (χ4n) is 2.85. The number of aromatic nitrogens is 2. The molecule has 7 heteroatoms. The molecule has 2 aromatic heterocycles. The Kier molecular flexibility index (Phi) is 3.24. The molecule has 0 unspecified atom stereocenters. The number of anilines is 1. The van der Waals surface area contributed by atoms with Gasteiger partial charge >= 0.3 is 0 Å². The molecule has 3 aromatic rings. The topological polar surface area (TPSA) is 91.1 Å². The van der Waals surface area contributed by atoms with Gasteiger partial charge in [0.2, 0.25) is 5.89 Å². The lowest BCUT2D eigenvalue weighted by Gasteiger charge is -2.32. The van der Waals surface area contributed by atoms with Crippen LogP contribution < -0.4 is 10.2 Å². The van der Waals surface area contributed by atoms with Crippen LogP contribution in [0.25, 0.3) is 22.6 Å². The van der Waals surface area contributed by atoms with Gasteiger partial charge in [-0.1, -0.05) is 0 Å². The van der Waals surface area contributed by atoms with Crippen LogP contribution in [-0.4, -0.2) is 35.6 Å². The Morgan fingerprint density at radius 2 is 2.35 bits per heavy atom. The molecule has 1 aliphatic heterocycles. The van der Waals surface area contributed by atoms with Gasteiger partial charge in [0.15, 0.2) is 5.58 Å². The van der Waals surface area contributed by atoms with Crippen LogP contribution in [0.1, 0.15) is 12.5 Å². The summed E-state index contributed by atoms with van der Waals surface area (Å²) in [6.45, 7) is 4.72. The zero-order valence-electron chi connectivity index (χ0n) is 12.6. The third kappa shape index (κ3) is 2.33. The highest BCUT2D eigenvalue weighted by Gasteiger charge is 2.24. The number of hydrogen-bond acceptors (Lipinski definition) is 7. The molecule has 4 rings (SSSR count). The van der Waals surface area contributed by atoms with Crippen LogP contribution in [0.4, 0.5) is 6.01 Å². The lowest BCUT2D eigenvalue weighted by molar-refractivity contribution is 0.456. The minimum atomic E-state index is 0.289. The van der Waals surface area contributed by atoms with Crippen LogP contribution in [0.3, 0.4) is 0 Å². The van der Waals surface area contributed by atoms with Crippen molar-refractivity contribution in [3.05, 3.63) is 30.2 Å². The number of rotatable bonds is 2. The molecular weight excluding hydrogens is 294 g/mol. The Morgan fingerprint density at radius 3 is 3.09 bits per heavy atom. The van der Waals surface area contributed by atoms with Crippen LogP contribution in [0.15, 0.2) is 33.4 Å². The van der Waals surface area contributed by atoms with E-state index in [4.69, 9.17) is 8.83 Å². The molecule has 3 heterocycles. The van der Waals surface area contributed by atoms with Gasteiger partial charge < -0.3 is 19.1 Å². The molecule has 116 valence electrons. The molecule has 1 aromatic carbocycles. The summed E-state index contributed by atoms with van der Waals surface area (Å²) in [6, 6.07) is 6.44. The summed E-state index contributed by atoms with van der Waals surface area (Å²) in [6.07, 6.45) is 3.06. The fourth-order valence-corrected chi connectivity index (χ4v) is 2.85. The van der Waals surface area contributed by atoms with Gasteiger partial charge in [-0.05, 0) is 19.1 Å². The number of fused-ring (bicyclic) bond motifs is 1. The van der Waals surface area contributed by atoms with Crippen molar-refractivity contribution in [3.8, 4) is 17.5 Å². The van der Waals surface area contributed by atoms with Crippen LogP contribution in [0.5, 0.6) is 0 Å². The van der Waals surface area contributed by atoms with Gasteiger partial charge in [0.1, 0.15) is 11.8 Å². The van der Waals surface area contributed by atoms with E-state index in [0.717, 1.165) is 19.6 Å². The molecule has 0 amide bonds. The molecule has 7 nitrogen and oxygen atoms in total. The Bertz CT molecular complexity index is 878. The SMILES string of the molecule is C[C@H]1CNCCN1c1nc2cc(C#N)cc(-c3ncco3)c2o1. The summed E-state index contributed by atoms with van der Waals surface area (Å²) < 4.78 is 11.4. The van der Waals surface area contributed by atoms with E-state index >= 15 is 0 Å². The van der Waals surface area contributed by atoms with E-state index in [9.17, 15) is 5.26 Å². The largest absolute Gasteiger partial charge is 0.444 e. The molecule has 0 radical (unpaired) electrons. The van der Waals surface area contributed by atoms with Gasteiger partial charge in [0, 0.05) is 25.7 Å². The summed E-state index contributed by atoms with van der Waals surface area (Å²) >= 11 is 0. The summed E-state index contributed by atoms with van der Waals surface area (Å²) in [5.74, 6) is 0.420. The van der Waals surface area contributed by atoms with Crippen molar-refractivity contribution in [2.75, 3.05) is 24.5 Å². The lowest BCUT2D eigenvalue weighted by Crippen LogP contribution is -2.50. The number of nitrogens with one attached hydrogen (secondary N) is 1. The average molecular weight is 309 g/mol. The van der Waals surface area contributed by atoms with Crippen molar-refractivity contribution >= 4 is 17.1 Å². The molecule has 23 heavy (non-hydrogen) atoms. The lowest BCUT2D eigenvalue weighted by atomic mass is 10.1. The highest BCUT2D eigenvalue weighted by Crippen LogP contribution is 2.33. The number of hydrogen-bond donors (Lipinski definition) is 1. The summed E-state index contributed by atoms with van der Waals surface area (Å²) in [7, 11) is 0. The molecule has 1 atom stereocenters. The minimum absolute atomic E-state index is 0.289. The van der Waals surface area contributed by atoms with Gasteiger partial charge in [-0.2, -0.15) is 10.2 Å². The third-order valence-corrected chi connectivity index (χ3v) is 4.02. The van der Waals surface area contributed by atoms with Crippen molar-refractivity contribution in [1.29, 1.82) is 5.26 Å². The first-order valence-corrected chi connectivity index (χ1v) is 7.48. The summed E-state index contributed by atoms with van der Waals surface area (Å²) in [4.78, 5) is 10.9. The predicted octanol–water partition coefficient (Wildman–Crippen LogP) is 2.15. The van der Waals surface area contributed by atoms with Crippen molar-refractivity contribution in [3.63, 3.8) is 0 Å². The average Bonchev–Trinajstić information content (AvgIpc) is 3.23. The van der Waals surface area contributed by atoms with Gasteiger partial charge in [-0.3, -0.25) is 0 Å². The Hall–Kier alpha value is -2.85. The van der Waals surface area contributed by atoms with E-state index < -0.39 is 0 Å². The van der Waals surface area contributed by atoms with E-state index in [-0.39, 0.29) is 6.04 Å². The molecule has 1 fully saturated rings. The highest BCUT2D eigenvalue weighted by molar-refractivity contribution is 5.90. The maximum Gasteiger partial charge on any atom is 0.298 e. The second-order valence-electron chi connectivity index (χ2n) is 5.56. The van der Waals surface area contributed by atoms with E-state index in [1.165, 1.54) is 6.26 Å². The maximum atomic E-state index is 9.24. The predicted molar refractivity (Wildman–Crippen MR) is 83.9 cm³/mol. The number of nitrogens with zero attached hydrogens (tertiary/aromatic N) is 4. The van der Waals surface area contributed by atoms with E-state index in [1.54, 1.807) is 18.3 Å². The van der Waals surface area contributed by atoms with E-state index in [2.05, 4.69) is 33.2 Å². The molecule has 1 aliphatic rings. The highest BCUT2D eigenvalue weighted by atomic mass is 16.4. The number of nitriles is 1. The molecule has 0 bridgehead atoms. The molecule has 1 N–H and O–H groups in total. The van der Waals surface area contributed by atoms with Gasteiger partial charge in [-0.15, -0.1) is 0 Å². The fraction of sp³-hybridized carbons (Fsp3) is 0.312. The number of benzene rings is 1. The first kappa shape index (κ1) is 13.8. The third-order valence-electron chi connectivity index (χ3n) is 4.02. The first-order chi connectivity index (χ1) is 11.3. The first-order valence-electron chi connectivity index (χ1n) is 7.48. The number of oxazole rings is 2. The van der Waals surface area contributed by atoms with Gasteiger partial charge in [-0.25, -0.2) is 4.98 Å².